The van der Waals surface area contributed by atoms with Crippen LogP contribution in [0.5, 0.6) is 0 Å². The third kappa shape index (κ3) is 3.45. The molecule has 5 heavy (non-hydrogen) atoms. The molecule has 0 radical (unpaired) electrons. The molecule has 0 unspecified atom stereocenters. The molecule has 28 valence electrons. The van der Waals surface area contributed by atoms with Gasteiger partial charge in [-0.3, -0.25) is 0 Å². The quantitative estimate of drug-likeness (QED) is 0.431. The van der Waals surface area contributed by atoms with Crippen molar-refractivity contribution in [3.63, 3.8) is 0 Å². The van der Waals surface area contributed by atoms with Crippen molar-refractivity contribution >= 4 is 0 Å². The lowest BCUT2D eigenvalue weighted by Gasteiger charge is -1.78. The second-order valence-electron chi connectivity index (χ2n) is 0.918. The van der Waals surface area contributed by atoms with E-state index >= 15 is 0 Å². The van der Waals surface area contributed by atoms with Crippen LogP contribution in [-0.2, 0) is 0 Å². The van der Waals surface area contributed by atoms with E-state index in [1.54, 1.807) is 13.0 Å². The Hall–Kier alpha value is -0.550. The molecule has 0 saturated carbocycles. The van der Waals surface area contributed by atoms with E-state index in [1.165, 1.54) is 0 Å². The van der Waals surface area contributed by atoms with Crippen molar-refractivity contribution < 1.29 is 0 Å². The van der Waals surface area contributed by atoms with E-state index in [-0.39, 0.29) is 6.04 Å². The number of rotatable bonds is 0. The number of nitrogens with zero attached hydrogens (tertiary/aromatic N) is 1. The zero-order chi connectivity index (χ0) is 4.28. The summed E-state index contributed by atoms with van der Waals surface area (Å²) < 4.78 is 0. The molecule has 2 nitrogen and oxygen atoms in total. The standard InChI is InChI=1S/C3H6N2/c1-3(5)2-4/h3H,5H2,1H3/t3-/m0/s1. The molecule has 2 N–H and O–H groups in total. The van der Waals surface area contributed by atoms with Gasteiger partial charge in [-0.2, -0.15) is 5.26 Å². The first kappa shape index (κ1) is 4.45. The summed E-state index contributed by atoms with van der Waals surface area (Å²) in [6.07, 6.45) is 0. The number of hydrogen-bond acceptors (Lipinski definition) is 2. The molecule has 0 spiro atoms. The molecule has 0 aromatic heterocycles. The molecule has 0 aliphatic carbocycles. The number of hydrogen-bond donors (Lipinski definition) is 1. The molecule has 0 fully saturated rings. The summed E-state index contributed by atoms with van der Waals surface area (Å²) in [6, 6.07) is 1.50. The molecule has 0 aromatic rings. The highest BCUT2D eigenvalue weighted by atomic mass is 14.6. The Labute approximate surface area is 31.2 Å². The minimum Gasteiger partial charge on any atom is -0.316 e. The summed E-state index contributed by atoms with van der Waals surface area (Å²) in [6.45, 7) is 1.64. The van der Waals surface area contributed by atoms with Crippen LogP contribution >= 0.6 is 0 Å². The minimum absolute atomic E-state index is 0.310. The van der Waals surface area contributed by atoms with Gasteiger partial charge in [0, 0.05) is 0 Å². The van der Waals surface area contributed by atoms with Crippen LogP contribution in [0.1, 0.15) is 6.92 Å². The smallest absolute Gasteiger partial charge is 0.0899 e. The van der Waals surface area contributed by atoms with Crippen LogP contribution in [-0.4, -0.2) is 6.04 Å². The summed E-state index contributed by atoms with van der Waals surface area (Å²) in [7, 11) is 0. The zero-order valence-electron chi connectivity index (χ0n) is 3.10. The van der Waals surface area contributed by atoms with Crippen molar-refractivity contribution in [2.24, 2.45) is 5.73 Å². The van der Waals surface area contributed by atoms with Crippen LogP contribution in [0, 0.1) is 11.3 Å². The topological polar surface area (TPSA) is 49.8 Å². The molecule has 0 amide bonds. The van der Waals surface area contributed by atoms with Crippen LogP contribution in [0.3, 0.4) is 0 Å². The molecule has 0 bridgehead atoms. The van der Waals surface area contributed by atoms with Crippen molar-refractivity contribution in [1.82, 2.24) is 0 Å². The Balaban J connectivity index is 2.94. The van der Waals surface area contributed by atoms with Crippen LogP contribution in [0.15, 0.2) is 0 Å². The summed E-state index contributed by atoms with van der Waals surface area (Å²) >= 11 is 0. The Bertz CT molecular complexity index is 50.4. The van der Waals surface area contributed by atoms with E-state index in [2.05, 4.69) is 0 Å². The van der Waals surface area contributed by atoms with Crippen LogP contribution in [0.4, 0.5) is 0 Å². The Morgan fingerprint density at radius 1 is 2.00 bits per heavy atom. The zero-order valence-corrected chi connectivity index (χ0v) is 3.10. The molecule has 0 aliphatic rings. The van der Waals surface area contributed by atoms with Gasteiger partial charge in [-0.25, -0.2) is 0 Å². The molecule has 2 heteroatoms. The van der Waals surface area contributed by atoms with Gasteiger partial charge < -0.3 is 5.73 Å². The summed E-state index contributed by atoms with van der Waals surface area (Å²) in [5.41, 5.74) is 4.93. The maximum atomic E-state index is 7.77. The molecule has 1 atom stereocenters. The fourth-order valence-corrected chi connectivity index (χ4v) is 0. The van der Waals surface area contributed by atoms with Gasteiger partial charge in [-0.15, -0.1) is 0 Å². The predicted molar refractivity (Wildman–Crippen MR) is 19.3 cm³/mol. The highest BCUT2D eigenvalue weighted by Gasteiger charge is 1.78. The second kappa shape index (κ2) is 1.74. The molecular formula is C3H6N2. The van der Waals surface area contributed by atoms with Gasteiger partial charge in [0.25, 0.3) is 0 Å². The average Bonchev–Trinajstić information content (AvgIpc) is 1.38. The fourth-order valence-electron chi connectivity index (χ4n) is 0. The van der Waals surface area contributed by atoms with Crippen molar-refractivity contribution in [2.45, 2.75) is 13.0 Å². The fraction of sp³-hybridized carbons (Fsp3) is 0.667. The average molecular weight is 70.1 g/mol. The van der Waals surface area contributed by atoms with Gasteiger partial charge >= 0.3 is 0 Å². The van der Waals surface area contributed by atoms with E-state index in [9.17, 15) is 0 Å². The van der Waals surface area contributed by atoms with Crippen LogP contribution in [0.25, 0.3) is 0 Å². The molecule has 0 saturated heterocycles. The lowest BCUT2D eigenvalue weighted by atomic mass is 10.4. The first-order valence-corrected chi connectivity index (χ1v) is 1.42. The summed E-state index contributed by atoms with van der Waals surface area (Å²) in [5.74, 6) is 0. The summed E-state index contributed by atoms with van der Waals surface area (Å²) in [4.78, 5) is 0. The van der Waals surface area contributed by atoms with E-state index in [1.807, 2.05) is 0 Å². The van der Waals surface area contributed by atoms with E-state index in [0.717, 1.165) is 0 Å². The molecule has 0 aliphatic heterocycles. The highest BCUT2D eigenvalue weighted by Crippen LogP contribution is 1.59. The van der Waals surface area contributed by atoms with Crippen molar-refractivity contribution in [2.75, 3.05) is 0 Å². The van der Waals surface area contributed by atoms with Crippen molar-refractivity contribution in [3.05, 3.63) is 0 Å². The van der Waals surface area contributed by atoms with Gasteiger partial charge in [0.2, 0.25) is 0 Å². The molecule has 0 heterocycles. The van der Waals surface area contributed by atoms with Crippen LogP contribution in [0.2, 0.25) is 0 Å². The first-order chi connectivity index (χ1) is 2.27. The summed E-state index contributed by atoms with van der Waals surface area (Å²) in [5, 5.41) is 7.77. The molecule has 0 aromatic carbocycles. The predicted octanol–water partition coefficient (Wildman–Crippen LogP) is -0.143. The van der Waals surface area contributed by atoms with Crippen LogP contribution < -0.4 is 5.73 Å². The number of nitrogens with two attached hydrogens (primary N) is 1. The molecular weight excluding hydrogens is 64.0 g/mol. The maximum absolute atomic E-state index is 7.77. The van der Waals surface area contributed by atoms with Gasteiger partial charge in [-0.1, -0.05) is 0 Å². The normalized spacial score (nSPS) is 13.0. The lowest BCUT2D eigenvalue weighted by Crippen LogP contribution is -2.09. The van der Waals surface area contributed by atoms with E-state index < -0.39 is 0 Å². The third-order valence-electron chi connectivity index (χ3n) is 0.204. The maximum Gasteiger partial charge on any atom is 0.0899 e. The lowest BCUT2D eigenvalue weighted by molar-refractivity contribution is 0.940. The second-order valence-corrected chi connectivity index (χ2v) is 0.918. The van der Waals surface area contributed by atoms with Crippen molar-refractivity contribution in [1.29, 1.82) is 5.26 Å². The number of nitriles is 1. The minimum atomic E-state index is -0.310. The van der Waals surface area contributed by atoms with Crippen molar-refractivity contribution in [3.8, 4) is 6.07 Å². The SMILES string of the molecule is C[C@H](N)C#N. The first-order valence-electron chi connectivity index (χ1n) is 1.42. The Kier molecular flexibility index (Phi) is 1.55. The van der Waals surface area contributed by atoms with Gasteiger partial charge in [-0.05, 0) is 6.92 Å². The van der Waals surface area contributed by atoms with Gasteiger partial charge in [0.15, 0.2) is 0 Å². The highest BCUT2D eigenvalue weighted by molar-refractivity contribution is 4.80. The van der Waals surface area contributed by atoms with Gasteiger partial charge in [0.05, 0.1) is 12.1 Å². The van der Waals surface area contributed by atoms with E-state index in [4.69, 9.17) is 11.0 Å². The van der Waals surface area contributed by atoms with E-state index in [0.29, 0.717) is 0 Å². The third-order valence-corrected chi connectivity index (χ3v) is 0.204. The Morgan fingerprint density at radius 3 is 2.20 bits per heavy atom. The largest absolute Gasteiger partial charge is 0.316 e. The monoisotopic (exact) mass is 70.1 g/mol. The molecule has 0 rings (SSSR count). The van der Waals surface area contributed by atoms with Gasteiger partial charge in [0.1, 0.15) is 0 Å². The Morgan fingerprint density at radius 2 is 2.20 bits per heavy atom.